The number of hydroxylamine groups is 1. The Morgan fingerprint density at radius 2 is 1.77 bits per heavy atom. The Bertz CT molecular complexity index is 559. The molecule has 2 amide bonds. The second kappa shape index (κ2) is 10.8. The average molecular weight is 392 g/mol. The van der Waals surface area contributed by atoms with Crippen LogP contribution in [0.1, 0.15) is 46.0 Å². The number of rotatable bonds is 10. The van der Waals surface area contributed by atoms with Crippen molar-refractivity contribution in [3.63, 3.8) is 0 Å². The lowest BCUT2D eigenvalue weighted by Crippen LogP contribution is -2.48. The molecule has 1 saturated heterocycles. The van der Waals surface area contributed by atoms with Crippen LogP contribution in [0.2, 0.25) is 0 Å². The summed E-state index contributed by atoms with van der Waals surface area (Å²) in [5, 5.41) is 12.0. The van der Waals surface area contributed by atoms with Crippen molar-refractivity contribution in [1.29, 1.82) is 0 Å². The van der Waals surface area contributed by atoms with Crippen molar-refractivity contribution in [1.82, 2.24) is 15.7 Å². The van der Waals surface area contributed by atoms with Crippen molar-refractivity contribution in [2.24, 2.45) is 17.8 Å². The zero-order valence-corrected chi connectivity index (χ0v) is 16.8. The lowest BCUT2D eigenvalue weighted by molar-refractivity contribution is -0.149. The molecule has 0 saturated carbocycles. The first-order valence-corrected chi connectivity index (χ1v) is 11.3. The van der Waals surface area contributed by atoms with E-state index in [4.69, 9.17) is 5.21 Å². The molecule has 0 aromatic rings. The molecule has 2 atom stereocenters. The topological polar surface area (TPSA) is 116 Å². The molecule has 0 aliphatic carbocycles. The van der Waals surface area contributed by atoms with E-state index in [1.165, 1.54) is 0 Å². The molecule has 0 spiro atoms. The molecular formula is C17H33N3O5S. The van der Waals surface area contributed by atoms with Gasteiger partial charge in [-0.1, -0.05) is 13.8 Å². The summed E-state index contributed by atoms with van der Waals surface area (Å²) in [7, 11) is -3.13. The van der Waals surface area contributed by atoms with Crippen LogP contribution in [0.15, 0.2) is 0 Å². The van der Waals surface area contributed by atoms with Gasteiger partial charge in [-0.3, -0.25) is 14.8 Å². The minimum Gasteiger partial charge on any atom is -0.342 e. The molecule has 0 radical (unpaired) electrons. The molecule has 3 N–H and O–H groups in total. The molecular weight excluding hydrogens is 358 g/mol. The third-order valence-corrected chi connectivity index (χ3v) is 5.36. The highest BCUT2D eigenvalue weighted by atomic mass is 32.2. The van der Waals surface area contributed by atoms with E-state index in [2.05, 4.69) is 5.32 Å². The molecule has 1 aliphatic rings. The fraction of sp³-hybridized carbons (Fsp3) is 0.882. The number of hydrogen-bond acceptors (Lipinski definition) is 6. The van der Waals surface area contributed by atoms with Crippen LogP contribution in [0.4, 0.5) is 0 Å². The highest BCUT2D eigenvalue weighted by Gasteiger charge is 2.37. The Morgan fingerprint density at radius 1 is 1.15 bits per heavy atom. The Balaban J connectivity index is 2.86. The molecule has 1 aliphatic heterocycles. The summed E-state index contributed by atoms with van der Waals surface area (Å²) in [5.41, 5.74) is 1.65. The van der Waals surface area contributed by atoms with Crippen LogP contribution in [-0.2, 0) is 19.4 Å². The minimum absolute atomic E-state index is 0.141. The number of amides is 2. The van der Waals surface area contributed by atoms with Crippen LogP contribution in [-0.4, -0.2) is 62.1 Å². The van der Waals surface area contributed by atoms with Gasteiger partial charge >= 0.3 is 0 Å². The number of carbonyl (C=O) groups excluding carboxylic acids is 2. The van der Waals surface area contributed by atoms with Gasteiger partial charge in [0.15, 0.2) is 9.84 Å². The Hall–Kier alpha value is -1.19. The number of nitrogens with zero attached hydrogens (tertiary/aromatic N) is 1. The standard InChI is InChI=1S/C17H33N3O5S/c1-13(2)11-14(7-8-18-12-26(3,24)25)15(16(21)19-23)17(22)20-9-5-4-6-10-20/h13-15,18,23H,4-12H2,1-3H3,(H,19,21)/t14-,15+/m0/s1. The van der Waals surface area contributed by atoms with E-state index in [9.17, 15) is 18.0 Å². The second-order valence-electron chi connectivity index (χ2n) is 7.59. The summed E-state index contributed by atoms with van der Waals surface area (Å²) in [6.07, 6.45) is 5.18. The summed E-state index contributed by atoms with van der Waals surface area (Å²) in [6, 6.07) is 0. The first kappa shape index (κ1) is 22.9. The van der Waals surface area contributed by atoms with Crippen molar-refractivity contribution in [2.45, 2.75) is 46.0 Å². The highest BCUT2D eigenvalue weighted by Crippen LogP contribution is 2.27. The molecule has 1 rings (SSSR count). The number of likely N-dealkylation sites (tertiary alicyclic amines) is 1. The lowest BCUT2D eigenvalue weighted by atomic mass is 9.81. The molecule has 26 heavy (non-hydrogen) atoms. The quantitative estimate of drug-likeness (QED) is 0.219. The normalized spacial score (nSPS) is 17.8. The molecule has 8 nitrogen and oxygen atoms in total. The van der Waals surface area contributed by atoms with Gasteiger partial charge in [0.1, 0.15) is 5.92 Å². The van der Waals surface area contributed by atoms with Crippen LogP contribution in [0.3, 0.4) is 0 Å². The maximum Gasteiger partial charge on any atom is 0.256 e. The van der Waals surface area contributed by atoms with Gasteiger partial charge in [0.25, 0.3) is 5.91 Å². The fourth-order valence-electron chi connectivity index (χ4n) is 3.48. The van der Waals surface area contributed by atoms with Gasteiger partial charge in [0.05, 0.1) is 5.88 Å². The monoisotopic (exact) mass is 391 g/mol. The van der Waals surface area contributed by atoms with Crippen LogP contribution in [0.5, 0.6) is 0 Å². The first-order valence-electron chi connectivity index (χ1n) is 9.27. The fourth-order valence-corrected chi connectivity index (χ4v) is 3.99. The first-order chi connectivity index (χ1) is 12.2. The van der Waals surface area contributed by atoms with Crippen molar-refractivity contribution in [3.05, 3.63) is 0 Å². The van der Waals surface area contributed by atoms with Gasteiger partial charge in [0.2, 0.25) is 5.91 Å². The Labute approximate surface area is 156 Å². The molecule has 9 heteroatoms. The third kappa shape index (κ3) is 8.01. The SMILES string of the molecule is CC(C)C[C@H](CCNCS(C)(=O)=O)[C@H](C(=O)NO)C(=O)N1CCCCC1. The molecule has 1 heterocycles. The zero-order valence-electron chi connectivity index (χ0n) is 16.0. The van der Waals surface area contributed by atoms with Crippen molar-refractivity contribution < 1.29 is 23.2 Å². The minimum atomic E-state index is -3.13. The number of sulfone groups is 1. The predicted octanol–water partition coefficient (Wildman–Crippen LogP) is 0.765. The Kier molecular flexibility index (Phi) is 9.52. The lowest BCUT2D eigenvalue weighted by Gasteiger charge is -2.33. The predicted molar refractivity (Wildman–Crippen MR) is 99.1 cm³/mol. The van der Waals surface area contributed by atoms with Crippen LogP contribution in [0.25, 0.3) is 0 Å². The van der Waals surface area contributed by atoms with Crippen molar-refractivity contribution >= 4 is 21.7 Å². The summed E-state index contributed by atoms with van der Waals surface area (Å²) in [4.78, 5) is 26.9. The average Bonchev–Trinajstić information content (AvgIpc) is 2.57. The van der Waals surface area contributed by atoms with Crippen LogP contribution < -0.4 is 10.8 Å². The molecule has 0 unspecified atom stereocenters. The van der Waals surface area contributed by atoms with Gasteiger partial charge in [-0.25, -0.2) is 13.9 Å². The summed E-state index contributed by atoms with van der Waals surface area (Å²) < 4.78 is 22.5. The number of piperidine rings is 1. The largest absolute Gasteiger partial charge is 0.342 e. The molecule has 0 bridgehead atoms. The van der Waals surface area contributed by atoms with Crippen molar-refractivity contribution in [3.8, 4) is 0 Å². The highest BCUT2D eigenvalue weighted by molar-refractivity contribution is 7.90. The third-order valence-electron chi connectivity index (χ3n) is 4.63. The van der Waals surface area contributed by atoms with Crippen LogP contribution >= 0.6 is 0 Å². The number of hydrogen-bond donors (Lipinski definition) is 3. The smallest absolute Gasteiger partial charge is 0.256 e. The molecule has 0 aromatic heterocycles. The molecule has 1 fully saturated rings. The zero-order chi connectivity index (χ0) is 19.7. The maximum atomic E-state index is 13.0. The Morgan fingerprint density at radius 3 is 2.27 bits per heavy atom. The van der Waals surface area contributed by atoms with Crippen LogP contribution in [0, 0.1) is 17.8 Å². The second-order valence-corrected chi connectivity index (χ2v) is 9.73. The maximum absolute atomic E-state index is 13.0. The van der Waals surface area contributed by atoms with E-state index >= 15 is 0 Å². The van der Waals surface area contributed by atoms with E-state index in [1.54, 1.807) is 10.4 Å². The summed E-state index contributed by atoms with van der Waals surface area (Å²) in [6.45, 7) is 5.67. The van der Waals surface area contributed by atoms with Gasteiger partial charge < -0.3 is 10.2 Å². The molecule has 0 aromatic carbocycles. The van der Waals surface area contributed by atoms with E-state index in [1.807, 2.05) is 13.8 Å². The van der Waals surface area contributed by atoms with E-state index < -0.39 is 21.7 Å². The molecule has 152 valence electrons. The van der Waals surface area contributed by atoms with Gasteiger partial charge in [-0.05, 0) is 50.5 Å². The van der Waals surface area contributed by atoms with Gasteiger partial charge in [-0.15, -0.1) is 0 Å². The summed E-state index contributed by atoms with van der Waals surface area (Å²) in [5.74, 6) is -2.04. The summed E-state index contributed by atoms with van der Waals surface area (Å²) >= 11 is 0. The number of carbonyl (C=O) groups is 2. The van der Waals surface area contributed by atoms with Gasteiger partial charge in [-0.2, -0.15) is 0 Å². The van der Waals surface area contributed by atoms with Gasteiger partial charge in [0, 0.05) is 19.3 Å². The van der Waals surface area contributed by atoms with E-state index in [-0.39, 0.29) is 23.6 Å². The van der Waals surface area contributed by atoms with E-state index in [0.29, 0.717) is 32.5 Å². The van der Waals surface area contributed by atoms with E-state index in [0.717, 1.165) is 25.5 Å². The van der Waals surface area contributed by atoms with Crippen molar-refractivity contribution in [2.75, 3.05) is 31.8 Å². The number of nitrogens with one attached hydrogen (secondary N) is 2.